The zero-order valence-corrected chi connectivity index (χ0v) is 15.6. The van der Waals surface area contributed by atoms with Crippen LogP contribution in [0.4, 0.5) is 11.5 Å². The maximum absolute atomic E-state index is 12.7. The standard InChI is InChI=1S/C21H20N4O3/c1-25(13-15-7-4-3-5-8-15)20(26)18-12-19(23-14-22-18)24-17-10-6-9-16(11-17)21(27)28-2/h3-12,14H,13H2,1-2H3,(H,22,23,24). The van der Waals surface area contributed by atoms with Gasteiger partial charge in [-0.25, -0.2) is 14.8 Å². The highest BCUT2D eigenvalue weighted by Crippen LogP contribution is 2.17. The molecule has 2 aromatic carbocycles. The molecule has 0 saturated carbocycles. The second kappa shape index (κ2) is 8.77. The molecule has 0 unspecified atom stereocenters. The minimum Gasteiger partial charge on any atom is -0.465 e. The van der Waals surface area contributed by atoms with E-state index in [2.05, 4.69) is 15.3 Å². The van der Waals surface area contributed by atoms with Gasteiger partial charge in [-0.3, -0.25) is 4.79 Å². The molecule has 0 spiro atoms. The number of hydrogen-bond donors (Lipinski definition) is 1. The number of esters is 1. The zero-order valence-electron chi connectivity index (χ0n) is 15.6. The molecule has 0 aliphatic carbocycles. The van der Waals surface area contributed by atoms with Crippen molar-refractivity contribution in [3.63, 3.8) is 0 Å². The number of amides is 1. The van der Waals surface area contributed by atoms with E-state index < -0.39 is 5.97 Å². The van der Waals surface area contributed by atoms with Crippen LogP contribution in [0, 0.1) is 0 Å². The van der Waals surface area contributed by atoms with Gasteiger partial charge in [0.1, 0.15) is 17.8 Å². The highest BCUT2D eigenvalue weighted by Gasteiger charge is 2.15. The number of carbonyl (C=O) groups is 2. The van der Waals surface area contributed by atoms with Crippen molar-refractivity contribution in [1.82, 2.24) is 14.9 Å². The maximum Gasteiger partial charge on any atom is 0.337 e. The Morgan fingerprint density at radius 3 is 2.57 bits per heavy atom. The van der Waals surface area contributed by atoms with E-state index in [0.717, 1.165) is 5.56 Å². The first-order chi connectivity index (χ1) is 13.6. The first kappa shape index (κ1) is 19.0. The summed E-state index contributed by atoms with van der Waals surface area (Å²) in [5.41, 5.74) is 2.38. The Balaban J connectivity index is 1.73. The molecule has 0 bridgehead atoms. The number of nitrogens with one attached hydrogen (secondary N) is 1. The second-order valence-corrected chi connectivity index (χ2v) is 6.13. The molecule has 1 amide bonds. The lowest BCUT2D eigenvalue weighted by molar-refractivity contribution is 0.0600. The lowest BCUT2D eigenvalue weighted by Gasteiger charge is -2.17. The zero-order chi connectivity index (χ0) is 19.9. The second-order valence-electron chi connectivity index (χ2n) is 6.13. The average Bonchev–Trinajstić information content (AvgIpc) is 2.73. The molecule has 1 aromatic heterocycles. The third kappa shape index (κ3) is 4.70. The Kier molecular flexibility index (Phi) is 5.96. The summed E-state index contributed by atoms with van der Waals surface area (Å²) < 4.78 is 4.72. The molecule has 0 fully saturated rings. The molecule has 3 rings (SSSR count). The number of carbonyl (C=O) groups excluding carboxylic acids is 2. The van der Waals surface area contributed by atoms with E-state index in [1.54, 1.807) is 42.3 Å². The summed E-state index contributed by atoms with van der Waals surface area (Å²) in [6.45, 7) is 0.480. The highest BCUT2D eigenvalue weighted by atomic mass is 16.5. The number of nitrogens with zero attached hydrogens (tertiary/aromatic N) is 3. The van der Waals surface area contributed by atoms with Gasteiger partial charge < -0.3 is 15.0 Å². The van der Waals surface area contributed by atoms with Gasteiger partial charge in [0.05, 0.1) is 12.7 Å². The van der Waals surface area contributed by atoms with Crippen molar-refractivity contribution < 1.29 is 14.3 Å². The quantitative estimate of drug-likeness (QED) is 0.665. The molecule has 7 heteroatoms. The monoisotopic (exact) mass is 376 g/mol. The van der Waals surface area contributed by atoms with Crippen LogP contribution in [-0.4, -0.2) is 40.9 Å². The smallest absolute Gasteiger partial charge is 0.337 e. The van der Waals surface area contributed by atoms with E-state index in [1.165, 1.54) is 13.4 Å². The third-order valence-electron chi connectivity index (χ3n) is 4.05. The largest absolute Gasteiger partial charge is 0.465 e. The molecule has 3 aromatic rings. The van der Waals surface area contributed by atoms with Gasteiger partial charge in [0, 0.05) is 25.3 Å². The Morgan fingerprint density at radius 2 is 1.82 bits per heavy atom. The fraction of sp³-hybridized carbons (Fsp3) is 0.143. The van der Waals surface area contributed by atoms with E-state index in [4.69, 9.17) is 4.74 Å². The number of benzene rings is 2. The fourth-order valence-corrected chi connectivity index (χ4v) is 2.66. The van der Waals surface area contributed by atoms with Crippen LogP contribution in [0.15, 0.2) is 67.0 Å². The average molecular weight is 376 g/mol. The van der Waals surface area contributed by atoms with Gasteiger partial charge in [0.25, 0.3) is 5.91 Å². The molecule has 28 heavy (non-hydrogen) atoms. The van der Waals surface area contributed by atoms with Crippen LogP contribution in [0.3, 0.4) is 0 Å². The Morgan fingerprint density at radius 1 is 1.04 bits per heavy atom. The van der Waals surface area contributed by atoms with Crippen LogP contribution < -0.4 is 5.32 Å². The van der Waals surface area contributed by atoms with Crippen LogP contribution in [0.5, 0.6) is 0 Å². The van der Waals surface area contributed by atoms with E-state index >= 15 is 0 Å². The molecular formula is C21H20N4O3. The van der Waals surface area contributed by atoms with Crippen LogP contribution in [-0.2, 0) is 11.3 Å². The minimum atomic E-state index is -0.426. The Hall–Kier alpha value is -3.74. The first-order valence-electron chi connectivity index (χ1n) is 8.63. The molecule has 0 radical (unpaired) electrons. The fourth-order valence-electron chi connectivity index (χ4n) is 2.66. The number of aromatic nitrogens is 2. The third-order valence-corrected chi connectivity index (χ3v) is 4.05. The predicted molar refractivity (Wildman–Crippen MR) is 105 cm³/mol. The van der Waals surface area contributed by atoms with E-state index in [0.29, 0.717) is 23.6 Å². The van der Waals surface area contributed by atoms with Crippen molar-refractivity contribution in [2.24, 2.45) is 0 Å². The van der Waals surface area contributed by atoms with Crippen molar-refractivity contribution in [2.45, 2.75) is 6.54 Å². The predicted octanol–water partition coefficient (Wildman–Crippen LogP) is 3.28. The van der Waals surface area contributed by atoms with Crippen LogP contribution in [0.2, 0.25) is 0 Å². The van der Waals surface area contributed by atoms with Crippen molar-refractivity contribution >= 4 is 23.4 Å². The number of anilines is 2. The van der Waals surface area contributed by atoms with Crippen molar-refractivity contribution in [3.8, 4) is 0 Å². The number of hydrogen-bond acceptors (Lipinski definition) is 6. The van der Waals surface area contributed by atoms with Gasteiger partial charge in [-0.1, -0.05) is 36.4 Å². The molecule has 1 N–H and O–H groups in total. The van der Waals surface area contributed by atoms with Gasteiger partial charge in [-0.2, -0.15) is 0 Å². The minimum absolute atomic E-state index is 0.211. The van der Waals surface area contributed by atoms with Gasteiger partial charge in [-0.15, -0.1) is 0 Å². The highest BCUT2D eigenvalue weighted by molar-refractivity contribution is 5.93. The number of ether oxygens (including phenoxy) is 1. The molecular weight excluding hydrogens is 356 g/mol. The number of methoxy groups -OCH3 is 1. The molecule has 7 nitrogen and oxygen atoms in total. The van der Waals surface area contributed by atoms with Crippen molar-refractivity contribution in [2.75, 3.05) is 19.5 Å². The van der Waals surface area contributed by atoms with Gasteiger partial charge >= 0.3 is 5.97 Å². The summed E-state index contributed by atoms with van der Waals surface area (Å²) in [5, 5.41) is 3.08. The van der Waals surface area contributed by atoms with Crippen LogP contribution in [0.1, 0.15) is 26.4 Å². The summed E-state index contributed by atoms with van der Waals surface area (Å²) in [4.78, 5) is 34.2. The summed E-state index contributed by atoms with van der Waals surface area (Å²) in [6.07, 6.45) is 1.33. The lowest BCUT2D eigenvalue weighted by Crippen LogP contribution is -2.27. The van der Waals surface area contributed by atoms with Gasteiger partial charge in [0.15, 0.2) is 0 Å². The normalized spacial score (nSPS) is 10.2. The van der Waals surface area contributed by atoms with Crippen LogP contribution >= 0.6 is 0 Å². The molecule has 142 valence electrons. The van der Waals surface area contributed by atoms with Crippen LogP contribution in [0.25, 0.3) is 0 Å². The van der Waals surface area contributed by atoms with E-state index in [-0.39, 0.29) is 11.6 Å². The van der Waals surface area contributed by atoms with Crippen molar-refractivity contribution in [1.29, 1.82) is 0 Å². The van der Waals surface area contributed by atoms with Crippen molar-refractivity contribution in [3.05, 3.63) is 83.8 Å². The Labute approximate surface area is 163 Å². The SMILES string of the molecule is COC(=O)c1cccc(Nc2cc(C(=O)N(C)Cc3ccccc3)ncn2)c1. The molecule has 1 heterocycles. The van der Waals surface area contributed by atoms with Gasteiger partial charge in [-0.05, 0) is 23.8 Å². The summed E-state index contributed by atoms with van der Waals surface area (Å²) in [7, 11) is 3.06. The molecule has 0 aliphatic heterocycles. The topological polar surface area (TPSA) is 84.4 Å². The van der Waals surface area contributed by atoms with E-state index in [9.17, 15) is 9.59 Å². The van der Waals surface area contributed by atoms with Gasteiger partial charge in [0.2, 0.25) is 0 Å². The molecule has 0 saturated heterocycles. The molecule has 0 aliphatic rings. The maximum atomic E-state index is 12.7. The summed E-state index contributed by atoms with van der Waals surface area (Å²) in [5.74, 6) is -0.184. The summed E-state index contributed by atoms with van der Waals surface area (Å²) >= 11 is 0. The Bertz CT molecular complexity index is 976. The summed E-state index contributed by atoms with van der Waals surface area (Å²) in [6, 6.07) is 18.1. The lowest BCUT2D eigenvalue weighted by atomic mass is 10.2. The first-order valence-corrected chi connectivity index (χ1v) is 8.63. The van der Waals surface area contributed by atoms with E-state index in [1.807, 2.05) is 30.3 Å². The molecule has 0 atom stereocenters. The number of rotatable bonds is 6.